The van der Waals surface area contributed by atoms with E-state index >= 15 is 4.57 Å². The van der Waals surface area contributed by atoms with Gasteiger partial charge in [0.05, 0.1) is 51.8 Å². The Labute approximate surface area is 350 Å². The average molecular weight is 836 g/mol. The van der Waals surface area contributed by atoms with Gasteiger partial charge in [-0.25, -0.2) is 14.0 Å². The molecule has 0 saturated carbocycles. The molecule has 2 aliphatic heterocycles. The minimum atomic E-state index is -4.12. The molecule has 0 radical (unpaired) electrons. The van der Waals surface area contributed by atoms with Gasteiger partial charge in [-0.2, -0.15) is 10.2 Å². The van der Waals surface area contributed by atoms with E-state index in [9.17, 15) is 10.1 Å². The smallest absolute Gasteiger partial charge is 0.409 e. The van der Waals surface area contributed by atoms with E-state index in [2.05, 4.69) is 16.4 Å². The van der Waals surface area contributed by atoms with Crippen LogP contribution in [0.1, 0.15) is 63.5 Å². The van der Waals surface area contributed by atoms with Crippen molar-refractivity contribution in [3.8, 4) is 29.1 Å². The molecule has 1 unspecified atom stereocenters. The monoisotopic (exact) mass is 835 g/mol. The lowest BCUT2D eigenvalue weighted by Gasteiger charge is -2.39. The summed E-state index contributed by atoms with van der Waals surface area (Å²) < 4.78 is 62.1. The third-order valence-corrected chi connectivity index (χ3v) is 13.0. The molecule has 1 saturated heterocycles. The van der Waals surface area contributed by atoms with Gasteiger partial charge in [-0.1, -0.05) is 66.7 Å². The minimum Gasteiger partial charge on any atom is -0.497 e. The van der Waals surface area contributed by atoms with E-state index in [-0.39, 0.29) is 44.0 Å². The van der Waals surface area contributed by atoms with Gasteiger partial charge in [-0.05, 0) is 80.8 Å². The number of fused-ring (bicyclic) bond motifs is 2. The third kappa shape index (κ3) is 8.69. The molecule has 2 aliphatic rings. The summed E-state index contributed by atoms with van der Waals surface area (Å²) in [5.41, 5.74) is 1.27. The van der Waals surface area contributed by atoms with Crippen LogP contribution in [0.5, 0.6) is 23.0 Å². The number of aromatic nitrogens is 2. The van der Waals surface area contributed by atoms with Gasteiger partial charge in [-0.3, -0.25) is 13.6 Å². The molecule has 0 amide bonds. The van der Waals surface area contributed by atoms with Gasteiger partial charge in [0, 0.05) is 18.5 Å². The van der Waals surface area contributed by atoms with Gasteiger partial charge in [0.15, 0.2) is 17.3 Å². The van der Waals surface area contributed by atoms with Crippen molar-refractivity contribution >= 4 is 19.3 Å². The molecule has 0 aliphatic carbocycles. The molecular formula is C45H50N5O9P. The standard InChI is InChI=1S/C45H50N5O9P/c1-30(2)50(31(3)4)60(52,56-26-12-25-46)59-39-27-42(49-28-40-43(48-44(49)51)47-37-15-10-11-16-38(37)57-40)58-41(39)29-55-45(32-13-8-7-9-14-32,33-17-21-35(53-5)22-18-33)34-19-23-36(54-6)24-20-34/h7-11,13-24,28,30-31,39,41-42H,12,26-27,29H2,1-6H3,(H,47,48,51)/t39-,41+,42+,60?/m0/s1. The van der Waals surface area contributed by atoms with Crippen molar-refractivity contribution in [1.29, 1.82) is 5.26 Å². The summed E-state index contributed by atoms with van der Waals surface area (Å²) in [6, 6.07) is 34.0. The number of ether oxygens (including phenoxy) is 5. The van der Waals surface area contributed by atoms with Gasteiger partial charge in [-0.15, -0.1) is 0 Å². The lowest BCUT2D eigenvalue weighted by Crippen LogP contribution is -2.40. The maximum Gasteiger partial charge on any atom is 0.409 e. The number of methoxy groups -OCH3 is 2. The molecular weight excluding hydrogens is 785 g/mol. The first-order valence-corrected chi connectivity index (χ1v) is 21.4. The number of nitriles is 1. The van der Waals surface area contributed by atoms with E-state index in [1.807, 2.05) is 131 Å². The fourth-order valence-corrected chi connectivity index (χ4v) is 10.2. The first kappa shape index (κ1) is 42.6. The number of para-hydroxylation sites is 2. The quantitative estimate of drug-likeness (QED) is 0.0528. The normalized spacial score (nSPS) is 18.2. The number of hydrogen-bond donors (Lipinski definition) is 1. The topological polar surface area (TPSA) is 156 Å². The SMILES string of the molecule is COc1ccc(C(OC[C@H]2O[C@@H](n3cc4c(nc3=O)Nc3ccccc3O4)C[C@@H]2OP(=O)(OCCC#N)N(C(C)C)C(C)C)(c2ccccc2)c2ccc(OC)cc2)cc1. The van der Waals surface area contributed by atoms with Crippen LogP contribution < -0.4 is 25.2 Å². The second kappa shape index (κ2) is 18.4. The van der Waals surface area contributed by atoms with Crippen molar-refractivity contribution in [2.45, 2.75) is 76.7 Å². The van der Waals surface area contributed by atoms with Crippen molar-refractivity contribution < 1.29 is 37.3 Å². The Morgan fingerprint density at radius 1 is 0.883 bits per heavy atom. The second-order valence-corrected chi connectivity index (χ2v) is 16.8. The molecule has 4 atom stereocenters. The predicted octanol–water partition coefficient (Wildman–Crippen LogP) is 8.95. The van der Waals surface area contributed by atoms with E-state index < -0.39 is 37.5 Å². The maximum atomic E-state index is 15.1. The van der Waals surface area contributed by atoms with E-state index in [4.69, 9.17) is 32.7 Å². The van der Waals surface area contributed by atoms with Crippen LogP contribution >= 0.6 is 7.75 Å². The lowest BCUT2D eigenvalue weighted by atomic mass is 9.80. The summed E-state index contributed by atoms with van der Waals surface area (Å²) in [6.45, 7) is 7.39. The van der Waals surface area contributed by atoms with Gasteiger partial charge in [0.2, 0.25) is 0 Å². The molecule has 4 aromatic carbocycles. The first-order valence-electron chi connectivity index (χ1n) is 19.9. The van der Waals surface area contributed by atoms with Crippen LogP contribution in [0.4, 0.5) is 11.5 Å². The number of nitrogens with zero attached hydrogens (tertiary/aromatic N) is 4. The van der Waals surface area contributed by atoms with Crippen LogP contribution in [-0.4, -0.2) is 65.9 Å². The molecule has 7 rings (SSSR count). The summed E-state index contributed by atoms with van der Waals surface area (Å²) in [7, 11) is -0.895. The van der Waals surface area contributed by atoms with Crippen LogP contribution in [-0.2, 0) is 28.7 Å². The van der Waals surface area contributed by atoms with Gasteiger partial charge < -0.3 is 29.0 Å². The van der Waals surface area contributed by atoms with Crippen LogP contribution in [0, 0.1) is 11.3 Å². The predicted molar refractivity (Wildman–Crippen MR) is 226 cm³/mol. The number of hydrogen-bond acceptors (Lipinski definition) is 12. The zero-order valence-electron chi connectivity index (χ0n) is 34.5. The molecule has 15 heteroatoms. The highest BCUT2D eigenvalue weighted by Gasteiger charge is 2.48. The van der Waals surface area contributed by atoms with Crippen LogP contribution in [0.25, 0.3) is 0 Å². The first-order chi connectivity index (χ1) is 29.0. The Kier molecular flexibility index (Phi) is 13.1. The highest BCUT2D eigenvalue weighted by atomic mass is 31.2. The average Bonchev–Trinajstić information content (AvgIpc) is 3.64. The Bertz CT molecular complexity index is 2330. The maximum absolute atomic E-state index is 15.1. The second-order valence-electron chi connectivity index (χ2n) is 15.0. The highest BCUT2D eigenvalue weighted by Crippen LogP contribution is 2.57. The van der Waals surface area contributed by atoms with Crippen molar-refractivity contribution in [1.82, 2.24) is 14.2 Å². The van der Waals surface area contributed by atoms with Crippen molar-refractivity contribution in [3.05, 3.63) is 136 Å². The number of anilines is 2. The molecule has 0 bridgehead atoms. The summed E-state index contributed by atoms with van der Waals surface area (Å²) in [6.07, 6.45) is -1.17. The zero-order valence-corrected chi connectivity index (χ0v) is 35.4. The van der Waals surface area contributed by atoms with E-state index in [1.165, 1.54) is 4.57 Å². The molecule has 3 heterocycles. The molecule has 1 aromatic heterocycles. The van der Waals surface area contributed by atoms with Crippen LogP contribution in [0.2, 0.25) is 0 Å². The lowest BCUT2D eigenvalue weighted by molar-refractivity contribution is -0.0938. The summed E-state index contributed by atoms with van der Waals surface area (Å²) in [4.78, 5) is 18.1. The van der Waals surface area contributed by atoms with Gasteiger partial charge in [0.1, 0.15) is 35.5 Å². The highest BCUT2D eigenvalue weighted by molar-refractivity contribution is 7.51. The molecule has 5 aromatic rings. The van der Waals surface area contributed by atoms with Crippen LogP contribution in [0.3, 0.4) is 0 Å². The number of nitrogens with one attached hydrogen (secondary N) is 1. The third-order valence-electron chi connectivity index (χ3n) is 10.5. The Hall–Kier alpha value is -5.52. The van der Waals surface area contributed by atoms with Gasteiger partial charge in [0.25, 0.3) is 0 Å². The van der Waals surface area contributed by atoms with E-state index in [0.29, 0.717) is 28.7 Å². The summed E-state index contributed by atoms with van der Waals surface area (Å²) in [5.74, 6) is 2.51. The number of benzene rings is 4. The number of rotatable bonds is 17. The Morgan fingerprint density at radius 2 is 1.48 bits per heavy atom. The molecule has 1 N–H and O–H groups in total. The largest absolute Gasteiger partial charge is 0.497 e. The molecule has 1 fully saturated rings. The fourth-order valence-electron chi connectivity index (χ4n) is 7.83. The van der Waals surface area contributed by atoms with Crippen molar-refractivity contribution in [3.63, 3.8) is 0 Å². The Balaban J connectivity index is 1.31. The molecule has 14 nitrogen and oxygen atoms in total. The van der Waals surface area contributed by atoms with Crippen molar-refractivity contribution in [2.24, 2.45) is 0 Å². The van der Waals surface area contributed by atoms with E-state index in [0.717, 1.165) is 16.7 Å². The van der Waals surface area contributed by atoms with Crippen molar-refractivity contribution in [2.75, 3.05) is 32.8 Å². The summed E-state index contributed by atoms with van der Waals surface area (Å²) in [5, 5.41) is 12.6. The molecule has 0 spiro atoms. The molecule has 60 heavy (non-hydrogen) atoms. The fraction of sp³-hybridized carbons (Fsp3) is 0.356. The van der Waals surface area contributed by atoms with Crippen LogP contribution in [0.15, 0.2) is 114 Å². The van der Waals surface area contributed by atoms with E-state index in [1.54, 1.807) is 25.1 Å². The van der Waals surface area contributed by atoms with Gasteiger partial charge >= 0.3 is 13.4 Å². The Morgan fingerprint density at radius 3 is 2.08 bits per heavy atom. The minimum absolute atomic E-state index is 0.00435. The zero-order chi connectivity index (χ0) is 42.4. The molecule has 314 valence electrons. The summed E-state index contributed by atoms with van der Waals surface area (Å²) >= 11 is 0.